The second-order valence-electron chi connectivity index (χ2n) is 6.58. The van der Waals surface area contributed by atoms with Gasteiger partial charge in [0.2, 0.25) is 11.0 Å². The van der Waals surface area contributed by atoms with Crippen molar-refractivity contribution in [2.45, 2.75) is 37.4 Å². The van der Waals surface area contributed by atoms with Gasteiger partial charge in [-0.05, 0) is 25.3 Å². The number of nitrogens with zero attached hydrogens (tertiary/aromatic N) is 5. The molecule has 7 nitrogen and oxygen atoms in total. The fourth-order valence-corrected chi connectivity index (χ4v) is 4.45. The van der Waals surface area contributed by atoms with E-state index in [1.807, 2.05) is 35.8 Å². The number of benzene rings is 1. The van der Waals surface area contributed by atoms with Crippen molar-refractivity contribution < 1.29 is 4.79 Å². The summed E-state index contributed by atoms with van der Waals surface area (Å²) in [7, 11) is 0. The topological polar surface area (TPSA) is 85.6 Å². The van der Waals surface area contributed by atoms with Crippen LogP contribution >= 0.6 is 23.1 Å². The molecule has 0 radical (unpaired) electrons. The van der Waals surface area contributed by atoms with Crippen LogP contribution in [0.4, 0.5) is 5.13 Å². The second-order valence-corrected chi connectivity index (χ2v) is 8.53. The molecule has 0 bridgehead atoms. The van der Waals surface area contributed by atoms with Gasteiger partial charge >= 0.3 is 0 Å². The fourth-order valence-electron chi connectivity index (χ4n) is 2.78. The van der Waals surface area contributed by atoms with Gasteiger partial charge in [0, 0.05) is 18.0 Å². The smallest absolute Gasteiger partial charge is 0.236 e. The van der Waals surface area contributed by atoms with Crippen molar-refractivity contribution in [3.05, 3.63) is 47.5 Å². The summed E-state index contributed by atoms with van der Waals surface area (Å²) in [6, 6.07) is 8.04. The third kappa shape index (κ3) is 4.15. The number of amides is 1. The van der Waals surface area contributed by atoms with E-state index in [0.717, 1.165) is 22.0 Å². The van der Waals surface area contributed by atoms with Crippen molar-refractivity contribution in [3.8, 4) is 11.4 Å². The number of nitrogens with one attached hydrogen (secondary N) is 1. The number of aromatic nitrogens is 5. The number of hydrogen-bond donors (Lipinski definition) is 1. The number of carbonyl (C=O) groups excluding carboxylic acids is 1. The zero-order valence-corrected chi connectivity index (χ0v) is 17.1. The molecule has 0 atom stereocenters. The molecular weight excluding hydrogens is 392 g/mol. The summed E-state index contributed by atoms with van der Waals surface area (Å²) < 4.78 is 1.98. The lowest BCUT2D eigenvalue weighted by Crippen LogP contribution is -2.14. The Kier molecular flexibility index (Phi) is 5.54. The molecule has 0 aliphatic heterocycles. The Balaban J connectivity index is 1.44. The number of aryl methyl sites for hydroxylation is 1. The molecular formula is C19H20N6OS2. The highest BCUT2D eigenvalue weighted by Crippen LogP contribution is 2.42. The molecule has 144 valence electrons. The Labute approximate surface area is 171 Å². The highest BCUT2D eigenvalue weighted by atomic mass is 32.2. The summed E-state index contributed by atoms with van der Waals surface area (Å²) in [4.78, 5) is 12.3. The maximum atomic E-state index is 12.3. The average molecular weight is 413 g/mol. The molecule has 0 unspecified atom stereocenters. The van der Waals surface area contributed by atoms with Gasteiger partial charge in [-0.15, -0.1) is 27.0 Å². The van der Waals surface area contributed by atoms with Gasteiger partial charge in [-0.2, -0.15) is 0 Å². The van der Waals surface area contributed by atoms with Crippen LogP contribution in [-0.4, -0.2) is 36.6 Å². The number of carbonyl (C=O) groups is 1. The SMILES string of the molecule is C=CCn1c(SCC(=O)Nc2nnc(C3CC3)s2)nnc1-c1ccccc1C. The first-order chi connectivity index (χ1) is 13.7. The van der Waals surface area contributed by atoms with Gasteiger partial charge in [0.15, 0.2) is 11.0 Å². The summed E-state index contributed by atoms with van der Waals surface area (Å²) in [6.07, 6.45) is 4.14. The van der Waals surface area contributed by atoms with Gasteiger partial charge in [0.1, 0.15) is 5.01 Å². The monoisotopic (exact) mass is 412 g/mol. The molecule has 1 saturated carbocycles. The first-order valence-corrected chi connectivity index (χ1v) is 10.8. The molecule has 0 saturated heterocycles. The number of anilines is 1. The lowest BCUT2D eigenvalue weighted by Gasteiger charge is -2.09. The van der Waals surface area contributed by atoms with Crippen LogP contribution in [-0.2, 0) is 11.3 Å². The number of rotatable bonds is 8. The predicted octanol–water partition coefficient (Wildman–Crippen LogP) is 3.90. The van der Waals surface area contributed by atoms with Crippen LogP contribution in [0.1, 0.15) is 29.3 Å². The predicted molar refractivity (Wildman–Crippen MR) is 112 cm³/mol. The van der Waals surface area contributed by atoms with E-state index in [-0.39, 0.29) is 11.7 Å². The molecule has 28 heavy (non-hydrogen) atoms. The minimum atomic E-state index is -0.130. The van der Waals surface area contributed by atoms with Gasteiger partial charge in [-0.3, -0.25) is 14.7 Å². The normalized spacial score (nSPS) is 13.5. The van der Waals surface area contributed by atoms with Gasteiger partial charge in [0.05, 0.1) is 5.75 Å². The third-order valence-corrected chi connectivity index (χ3v) is 6.33. The summed E-state index contributed by atoms with van der Waals surface area (Å²) in [5.74, 6) is 1.41. The molecule has 0 spiro atoms. The van der Waals surface area contributed by atoms with Gasteiger partial charge < -0.3 is 0 Å². The maximum absolute atomic E-state index is 12.3. The van der Waals surface area contributed by atoms with Crippen molar-refractivity contribution in [2.24, 2.45) is 0 Å². The van der Waals surface area contributed by atoms with E-state index in [1.165, 1.54) is 35.9 Å². The first kappa shape index (κ1) is 18.8. The van der Waals surface area contributed by atoms with Crippen molar-refractivity contribution in [2.75, 3.05) is 11.1 Å². The Hall–Kier alpha value is -2.52. The van der Waals surface area contributed by atoms with E-state index in [4.69, 9.17) is 0 Å². The number of allylic oxidation sites excluding steroid dienone is 1. The summed E-state index contributed by atoms with van der Waals surface area (Å²) in [5, 5.41) is 21.9. The summed E-state index contributed by atoms with van der Waals surface area (Å²) in [6.45, 7) is 6.44. The molecule has 1 aromatic carbocycles. The van der Waals surface area contributed by atoms with E-state index in [0.29, 0.717) is 22.8 Å². The lowest BCUT2D eigenvalue weighted by atomic mass is 10.1. The fraction of sp³-hybridized carbons (Fsp3) is 0.316. The van der Waals surface area contributed by atoms with Crippen molar-refractivity contribution >= 4 is 34.1 Å². The maximum Gasteiger partial charge on any atom is 0.236 e. The van der Waals surface area contributed by atoms with Gasteiger partial charge in [-0.1, -0.05) is 53.4 Å². The summed E-state index contributed by atoms with van der Waals surface area (Å²) >= 11 is 2.81. The molecule has 1 aliphatic carbocycles. The molecule has 9 heteroatoms. The molecule has 3 aromatic rings. The molecule has 2 aromatic heterocycles. The first-order valence-electron chi connectivity index (χ1n) is 9.02. The molecule has 4 rings (SSSR count). The Morgan fingerprint density at radius 1 is 1.32 bits per heavy atom. The molecule has 1 aliphatic rings. The summed E-state index contributed by atoms with van der Waals surface area (Å²) in [5.41, 5.74) is 2.15. The highest BCUT2D eigenvalue weighted by Gasteiger charge is 2.27. The molecule has 1 N–H and O–H groups in total. The van der Waals surface area contributed by atoms with Gasteiger partial charge in [0.25, 0.3) is 0 Å². The van der Waals surface area contributed by atoms with E-state index < -0.39 is 0 Å². The van der Waals surface area contributed by atoms with E-state index in [2.05, 4.69) is 32.3 Å². The van der Waals surface area contributed by atoms with Crippen LogP contribution < -0.4 is 5.32 Å². The zero-order valence-electron chi connectivity index (χ0n) is 15.5. The minimum absolute atomic E-state index is 0.130. The van der Waals surface area contributed by atoms with Crippen LogP contribution in [0.15, 0.2) is 42.1 Å². The standard InChI is InChI=1S/C19H20N6OS2/c1-3-10-25-16(14-7-5-4-6-12(14)2)21-24-19(25)27-11-15(26)20-18-23-22-17(28-18)13-8-9-13/h3-7,13H,1,8-11H2,2H3,(H,20,23,26). The van der Waals surface area contributed by atoms with Crippen LogP contribution in [0.3, 0.4) is 0 Å². The highest BCUT2D eigenvalue weighted by molar-refractivity contribution is 7.99. The second kappa shape index (κ2) is 8.24. The average Bonchev–Trinajstić information content (AvgIpc) is 3.31. The Bertz CT molecular complexity index is 1010. The zero-order chi connectivity index (χ0) is 19.5. The van der Waals surface area contributed by atoms with Crippen LogP contribution in [0, 0.1) is 6.92 Å². The number of thioether (sulfide) groups is 1. The van der Waals surface area contributed by atoms with Gasteiger partial charge in [-0.25, -0.2) is 0 Å². The largest absolute Gasteiger partial charge is 0.300 e. The van der Waals surface area contributed by atoms with E-state index in [9.17, 15) is 4.79 Å². The molecule has 2 heterocycles. The van der Waals surface area contributed by atoms with Crippen molar-refractivity contribution in [3.63, 3.8) is 0 Å². The van der Waals surface area contributed by atoms with E-state index in [1.54, 1.807) is 6.08 Å². The van der Waals surface area contributed by atoms with Crippen LogP contribution in [0.25, 0.3) is 11.4 Å². The quantitative estimate of drug-likeness (QED) is 0.446. The minimum Gasteiger partial charge on any atom is -0.300 e. The number of hydrogen-bond acceptors (Lipinski definition) is 7. The lowest BCUT2D eigenvalue weighted by molar-refractivity contribution is -0.113. The Morgan fingerprint density at radius 2 is 2.14 bits per heavy atom. The van der Waals surface area contributed by atoms with Crippen LogP contribution in [0.5, 0.6) is 0 Å². The molecule has 1 fully saturated rings. The van der Waals surface area contributed by atoms with Crippen LogP contribution in [0.2, 0.25) is 0 Å². The van der Waals surface area contributed by atoms with Crippen molar-refractivity contribution in [1.82, 2.24) is 25.0 Å². The Morgan fingerprint density at radius 3 is 2.89 bits per heavy atom. The third-order valence-electron chi connectivity index (χ3n) is 4.36. The van der Waals surface area contributed by atoms with E-state index >= 15 is 0 Å². The van der Waals surface area contributed by atoms with Crippen molar-refractivity contribution in [1.29, 1.82) is 0 Å². The molecule has 1 amide bonds.